The summed E-state index contributed by atoms with van der Waals surface area (Å²) in [5, 5.41) is 5.89. The van der Waals surface area contributed by atoms with Crippen molar-refractivity contribution in [2.45, 2.75) is 39.0 Å². The van der Waals surface area contributed by atoms with Gasteiger partial charge in [0.2, 0.25) is 0 Å². The van der Waals surface area contributed by atoms with Crippen LogP contribution in [0.25, 0.3) is 0 Å². The molecule has 0 amide bonds. The maximum absolute atomic E-state index is 7.50. The predicted octanol–water partition coefficient (Wildman–Crippen LogP) is 7.89. The van der Waals surface area contributed by atoms with Crippen LogP contribution in [0.1, 0.15) is 39.0 Å². The summed E-state index contributed by atoms with van der Waals surface area (Å²) < 4.78 is 30.0. The Morgan fingerprint density at radius 2 is 0.733 bits per heavy atom. The van der Waals surface area contributed by atoms with Crippen molar-refractivity contribution in [2.24, 2.45) is 5.92 Å². The predicted molar refractivity (Wildman–Crippen MR) is 180 cm³/mol. The van der Waals surface area contributed by atoms with Crippen LogP contribution in [-0.2, 0) is 37.2 Å². The van der Waals surface area contributed by atoms with Crippen LogP contribution < -0.4 is 21.2 Å². The van der Waals surface area contributed by atoms with Crippen molar-refractivity contribution in [1.82, 2.24) is 0 Å². The van der Waals surface area contributed by atoms with E-state index in [4.69, 9.17) is 18.6 Å². The van der Waals surface area contributed by atoms with Crippen molar-refractivity contribution in [3.63, 3.8) is 0 Å². The minimum atomic E-state index is -0.348. The van der Waals surface area contributed by atoms with Gasteiger partial charge in [-0.2, -0.15) is 12.8 Å². The largest absolute Gasteiger partial charge is 0.0622 e. The Morgan fingerprint density at radius 1 is 0.489 bits per heavy atom. The Labute approximate surface area is 284 Å². The van der Waals surface area contributed by atoms with Crippen LogP contribution in [0.4, 0.5) is 0 Å². The van der Waals surface area contributed by atoms with Gasteiger partial charge in [-0.25, -0.2) is 0 Å². The molecule has 0 atom stereocenters. The Morgan fingerprint density at radius 3 is 0.933 bits per heavy atom. The SMILES string of the molecule is C[CH-]C1CCCCC1.[C-]#[O+].[C-]#[O+].[C-]#[O+].[C-]#[O+].[V].c1ccc(P(CCP(c2ccccc2)c2ccccc2)c2ccccc2)cc1. The summed E-state index contributed by atoms with van der Waals surface area (Å²) in [6, 6.07) is 44.2. The molecule has 4 nitrogen and oxygen atoms in total. The summed E-state index contributed by atoms with van der Waals surface area (Å²) in [4.78, 5) is 0. The van der Waals surface area contributed by atoms with Crippen LogP contribution >= 0.6 is 15.8 Å². The van der Waals surface area contributed by atoms with E-state index in [0.29, 0.717) is 0 Å². The number of hydrogen-bond acceptors (Lipinski definition) is 0. The third kappa shape index (κ3) is 17.5. The molecule has 231 valence electrons. The first-order chi connectivity index (χ1) is 21.8. The van der Waals surface area contributed by atoms with Crippen LogP contribution in [-0.4, -0.2) is 12.3 Å². The molecule has 0 unspecified atom stereocenters. The maximum atomic E-state index is 7.50. The van der Waals surface area contributed by atoms with Crippen molar-refractivity contribution in [3.8, 4) is 0 Å². The zero-order valence-corrected chi connectivity index (χ0v) is 28.8. The van der Waals surface area contributed by atoms with E-state index in [2.05, 4.69) is 161 Å². The molecule has 4 aromatic rings. The minimum Gasteiger partial charge on any atom is -0.0622 e. The van der Waals surface area contributed by atoms with Crippen molar-refractivity contribution in [1.29, 1.82) is 0 Å². The maximum Gasteiger partial charge on any atom is 0 e. The van der Waals surface area contributed by atoms with E-state index in [1.807, 2.05) is 0 Å². The minimum absolute atomic E-state index is 0. The first-order valence-corrected chi connectivity index (χ1v) is 17.3. The second-order valence-electron chi connectivity index (χ2n) is 9.38. The van der Waals surface area contributed by atoms with Crippen molar-refractivity contribution >= 4 is 37.1 Å². The summed E-state index contributed by atoms with van der Waals surface area (Å²) in [5.41, 5.74) is 0. The monoisotopic (exact) mass is 672 g/mol. The van der Waals surface area contributed by atoms with Gasteiger partial charge in [-0.1, -0.05) is 153 Å². The second kappa shape index (κ2) is 31.3. The number of benzene rings is 4. The van der Waals surface area contributed by atoms with Gasteiger partial charge in [-0.3, -0.25) is 0 Å². The van der Waals surface area contributed by atoms with E-state index >= 15 is 0 Å². The topological polar surface area (TPSA) is 79.6 Å². The van der Waals surface area contributed by atoms with Crippen molar-refractivity contribution in [3.05, 3.63) is 154 Å². The van der Waals surface area contributed by atoms with Gasteiger partial charge in [0.1, 0.15) is 0 Å². The molecule has 0 aromatic heterocycles. The zero-order valence-electron chi connectivity index (χ0n) is 25.6. The molecule has 7 heteroatoms. The molecule has 0 N–H and O–H groups in total. The molecule has 0 saturated heterocycles. The van der Waals surface area contributed by atoms with E-state index in [-0.39, 0.29) is 34.4 Å². The van der Waals surface area contributed by atoms with E-state index in [9.17, 15) is 0 Å². The summed E-state index contributed by atoms with van der Waals surface area (Å²) in [6.45, 7) is 20.2. The molecule has 1 saturated carbocycles. The van der Waals surface area contributed by atoms with Crippen LogP contribution in [0.2, 0.25) is 0 Å². The third-order valence-corrected chi connectivity index (χ3v) is 12.3. The summed E-state index contributed by atoms with van der Waals surface area (Å²) in [5.74, 6) is 0.962. The second-order valence-corrected chi connectivity index (χ2v) is 14.0. The molecule has 45 heavy (non-hydrogen) atoms. The molecule has 1 fully saturated rings. The molecule has 4 aromatic carbocycles. The van der Waals surface area contributed by atoms with Crippen LogP contribution in [0.3, 0.4) is 0 Å². The van der Waals surface area contributed by atoms with Crippen molar-refractivity contribution in [2.75, 3.05) is 12.3 Å². The molecule has 5 rings (SSSR count). The average Bonchev–Trinajstić information content (AvgIpc) is 3.15. The molecule has 0 bridgehead atoms. The Bertz CT molecular complexity index is 1110. The van der Waals surface area contributed by atoms with Gasteiger partial charge in [-0.15, -0.1) is 0 Å². The van der Waals surface area contributed by atoms with Gasteiger partial charge in [0.25, 0.3) is 0 Å². The van der Waals surface area contributed by atoms with Gasteiger partial charge < -0.3 is 6.42 Å². The van der Waals surface area contributed by atoms with E-state index < -0.39 is 0 Å². The quantitative estimate of drug-likeness (QED) is 0.104. The average molecular weight is 673 g/mol. The molecular weight excluding hydrogens is 633 g/mol. The smallest absolute Gasteiger partial charge is 0 e. The Hall–Kier alpha value is -2.72. The van der Waals surface area contributed by atoms with Crippen LogP contribution in [0.15, 0.2) is 121 Å². The van der Waals surface area contributed by atoms with E-state index in [0.717, 1.165) is 5.92 Å². The van der Waals surface area contributed by atoms with Gasteiger partial charge in [0.05, 0.1) is 0 Å². The van der Waals surface area contributed by atoms with Gasteiger partial charge in [-0.05, 0) is 49.4 Å². The molecule has 0 aliphatic heterocycles. The standard InChI is InChI=1S/C26H24P2.C8H15.4CO.V/c1-5-13-23(14-6-1)27(24-15-7-2-8-16-24)21-22-28(25-17-9-3-10-18-25)26-19-11-4-12-20-26;1-2-8-6-4-3-5-7-8;4*1-2;/h1-20H,21-22H2;2,8H,3-7H2,1H3;;;;;/q;-1;;;;;. The molecule has 1 aliphatic carbocycles. The Kier molecular flexibility index (Phi) is 30.9. The molecule has 1 radical (unpaired) electrons. The van der Waals surface area contributed by atoms with Crippen LogP contribution in [0.5, 0.6) is 0 Å². The Balaban J connectivity index is 0. The third-order valence-electron chi connectivity index (χ3n) is 6.94. The van der Waals surface area contributed by atoms with E-state index in [1.54, 1.807) is 0 Å². The van der Waals surface area contributed by atoms with Crippen LogP contribution in [0, 0.1) is 38.9 Å². The molecule has 0 heterocycles. The molecular formula is C38H39O4P2V-. The first kappa shape index (κ1) is 44.4. The normalized spacial score (nSPS) is 11.3. The van der Waals surface area contributed by atoms with Gasteiger partial charge in [0, 0.05) is 18.6 Å². The molecule has 1 aliphatic rings. The number of rotatable bonds is 8. The van der Waals surface area contributed by atoms with Crippen molar-refractivity contribution < 1.29 is 37.2 Å². The van der Waals surface area contributed by atoms with Gasteiger partial charge in [0.15, 0.2) is 0 Å². The fourth-order valence-corrected chi connectivity index (χ4v) is 10.3. The first-order valence-electron chi connectivity index (χ1n) is 14.2. The summed E-state index contributed by atoms with van der Waals surface area (Å²) >= 11 is 0. The molecule has 0 spiro atoms. The van der Waals surface area contributed by atoms with E-state index in [1.165, 1.54) is 65.6 Å². The summed E-state index contributed by atoms with van der Waals surface area (Å²) in [6.07, 6.45) is 12.1. The van der Waals surface area contributed by atoms with Gasteiger partial charge >= 0.3 is 45.2 Å². The fourth-order valence-electron chi connectivity index (χ4n) is 4.91. The zero-order chi connectivity index (χ0) is 32.8. The summed E-state index contributed by atoms with van der Waals surface area (Å²) in [7, 11) is -0.696. The number of hydrogen-bond donors (Lipinski definition) is 0. The fraction of sp³-hybridized carbons (Fsp3) is 0.237.